The molecule has 0 N–H and O–H groups in total. The van der Waals surface area contributed by atoms with Gasteiger partial charge < -0.3 is 9.33 Å². The molecule has 0 atom stereocenters. The Morgan fingerprint density at radius 2 is 1.90 bits per heavy atom. The number of piperidine rings is 1. The average Bonchev–Trinajstić information content (AvgIpc) is 2.03. The molecule has 1 rings (SSSR count). The molecule has 0 bridgehead atoms. The van der Waals surface area contributed by atoms with Gasteiger partial charge in [0.2, 0.25) is 0 Å². The SMILES string of the molecule is [SiH3]OCCN1CCCCC1. The summed E-state index contributed by atoms with van der Waals surface area (Å²) in [7, 11) is 0.892. The summed E-state index contributed by atoms with van der Waals surface area (Å²) in [4.78, 5) is 2.50. The van der Waals surface area contributed by atoms with E-state index in [0.29, 0.717) is 0 Å². The zero-order valence-corrected chi connectivity index (χ0v) is 8.81. The van der Waals surface area contributed by atoms with Gasteiger partial charge in [0.05, 0.1) is 0 Å². The van der Waals surface area contributed by atoms with Crippen molar-refractivity contribution in [3.05, 3.63) is 0 Å². The number of hydrogen-bond donors (Lipinski definition) is 0. The van der Waals surface area contributed by atoms with Crippen LogP contribution in [0.25, 0.3) is 0 Å². The minimum atomic E-state index is 0.892. The van der Waals surface area contributed by atoms with E-state index in [1.54, 1.807) is 0 Å². The maximum absolute atomic E-state index is 5.14. The van der Waals surface area contributed by atoms with Gasteiger partial charge in [0.15, 0.2) is 0 Å². The summed E-state index contributed by atoms with van der Waals surface area (Å²) in [5.41, 5.74) is 0. The van der Waals surface area contributed by atoms with Gasteiger partial charge in [-0.2, -0.15) is 0 Å². The van der Waals surface area contributed by atoms with Crippen LogP contribution in [0.2, 0.25) is 0 Å². The van der Waals surface area contributed by atoms with Crippen LogP contribution in [0.15, 0.2) is 0 Å². The smallest absolute Gasteiger partial charge is 0.146 e. The van der Waals surface area contributed by atoms with Gasteiger partial charge in [-0.05, 0) is 25.9 Å². The molecule has 2 nitrogen and oxygen atoms in total. The number of hydrogen-bond acceptors (Lipinski definition) is 2. The molecule has 0 spiro atoms. The second-order valence-electron chi connectivity index (χ2n) is 2.90. The maximum atomic E-state index is 5.14. The quantitative estimate of drug-likeness (QED) is 0.527. The molecule has 0 radical (unpaired) electrons. The van der Waals surface area contributed by atoms with Gasteiger partial charge >= 0.3 is 0 Å². The molecule has 1 aliphatic rings. The maximum Gasteiger partial charge on any atom is 0.146 e. The van der Waals surface area contributed by atoms with Crippen LogP contribution in [0.5, 0.6) is 0 Å². The van der Waals surface area contributed by atoms with Crippen LogP contribution in [-0.4, -0.2) is 41.6 Å². The third-order valence-corrected chi connectivity index (χ3v) is 2.47. The Labute approximate surface area is 66.1 Å². The van der Waals surface area contributed by atoms with Crippen molar-refractivity contribution >= 4 is 10.5 Å². The fourth-order valence-electron chi connectivity index (χ4n) is 1.40. The minimum Gasteiger partial charge on any atom is -0.427 e. The topological polar surface area (TPSA) is 12.5 Å². The van der Waals surface area contributed by atoms with E-state index in [-0.39, 0.29) is 0 Å². The zero-order valence-electron chi connectivity index (χ0n) is 6.81. The standard InChI is InChI=1S/C7H17NOSi/c10-9-7-6-8-4-2-1-3-5-8/h1-7H2,10H3. The van der Waals surface area contributed by atoms with Crippen LogP contribution in [-0.2, 0) is 4.43 Å². The molecular formula is C7H17NOSi. The fourth-order valence-corrected chi connectivity index (χ4v) is 1.59. The van der Waals surface area contributed by atoms with E-state index in [0.717, 1.165) is 23.6 Å². The summed E-state index contributed by atoms with van der Waals surface area (Å²) < 4.78 is 5.14. The molecule has 0 unspecified atom stereocenters. The van der Waals surface area contributed by atoms with Crippen molar-refractivity contribution < 1.29 is 4.43 Å². The predicted octanol–water partition coefficient (Wildman–Crippen LogP) is -0.231. The first-order valence-electron chi connectivity index (χ1n) is 4.15. The highest BCUT2D eigenvalue weighted by molar-refractivity contribution is 5.97. The van der Waals surface area contributed by atoms with Crippen LogP contribution in [0.3, 0.4) is 0 Å². The monoisotopic (exact) mass is 159 g/mol. The normalized spacial score (nSPS) is 21.6. The lowest BCUT2D eigenvalue weighted by Crippen LogP contribution is -2.32. The van der Waals surface area contributed by atoms with Crippen molar-refractivity contribution in [3.63, 3.8) is 0 Å². The van der Waals surface area contributed by atoms with Crippen molar-refractivity contribution in [2.75, 3.05) is 26.2 Å². The lowest BCUT2D eigenvalue weighted by atomic mass is 10.1. The fraction of sp³-hybridized carbons (Fsp3) is 1.00. The van der Waals surface area contributed by atoms with Crippen LogP contribution in [0, 0.1) is 0 Å². The van der Waals surface area contributed by atoms with E-state index in [1.807, 2.05) is 0 Å². The largest absolute Gasteiger partial charge is 0.427 e. The molecule has 0 aliphatic carbocycles. The molecule has 60 valence electrons. The van der Waals surface area contributed by atoms with Gasteiger partial charge in [-0.25, -0.2) is 0 Å². The van der Waals surface area contributed by atoms with Gasteiger partial charge in [0.25, 0.3) is 0 Å². The van der Waals surface area contributed by atoms with E-state index in [4.69, 9.17) is 4.43 Å². The van der Waals surface area contributed by atoms with Crippen molar-refractivity contribution in [1.29, 1.82) is 0 Å². The summed E-state index contributed by atoms with van der Waals surface area (Å²) in [5.74, 6) is 0. The Morgan fingerprint density at radius 1 is 1.20 bits per heavy atom. The number of likely N-dealkylation sites (tertiary alicyclic amines) is 1. The third kappa shape index (κ3) is 2.81. The number of nitrogens with zero attached hydrogens (tertiary/aromatic N) is 1. The first-order valence-corrected chi connectivity index (χ1v) is 4.96. The van der Waals surface area contributed by atoms with Crippen LogP contribution < -0.4 is 0 Å². The van der Waals surface area contributed by atoms with Crippen molar-refractivity contribution in [1.82, 2.24) is 4.90 Å². The van der Waals surface area contributed by atoms with Crippen LogP contribution in [0.1, 0.15) is 19.3 Å². The van der Waals surface area contributed by atoms with Gasteiger partial charge in [-0.3, -0.25) is 0 Å². The predicted molar refractivity (Wildman–Crippen MR) is 46.2 cm³/mol. The highest BCUT2D eigenvalue weighted by Gasteiger charge is 2.07. The molecule has 10 heavy (non-hydrogen) atoms. The lowest BCUT2D eigenvalue weighted by Gasteiger charge is -2.25. The lowest BCUT2D eigenvalue weighted by molar-refractivity contribution is 0.189. The summed E-state index contributed by atoms with van der Waals surface area (Å²) in [6.07, 6.45) is 4.21. The second kappa shape index (κ2) is 4.88. The molecule has 1 aliphatic heterocycles. The molecule has 0 amide bonds. The van der Waals surface area contributed by atoms with E-state index in [2.05, 4.69) is 4.90 Å². The molecule has 1 fully saturated rings. The average molecular weight is 159 g/mol. The Hall–Kier alpha value is 0.137. The van der Waals surface area contributed by atoms with Crippen LogP contribution >= 0.6 is 0 Å². The Morgan fingerprint density at radius 3 is 2.50 bits per heavy atom. The van der Waals surface area contributed by atoms with Crippen molar-refractivity contribution in [2.24, 2.45) is 0 Å². The highest BCUT2D eigenvalue weighted by atomic mass is 28.2. The van der Waals surface area contributed by atoms with Gasteiger partial charge in [-0.15, -0.1) is 0 Å². The summed E-state index contributed by atoms with van der Waals surface area (Å²) >= 11 is 0. The van der Waals surface area contributed by atoms with Crippen molar-refractivity contribution in [2.45, 2.75) is 19.3 Å². The van der Waals surface area contributed by atoms with E-state index < -0.39 is 0 Å². The Bertz CT molecular complexity index is 83.7. The third-order valence-electron chi connectivity index (χ3n) is 2.06. The molecule has 0 aromatic carbocycles. The van der Waals surface area contributed by atoms with Gasteiger partial charge in [-0.1, -0.05) is 6.42 Å². The van der Waals surface area contributed by atoms with Gasteiger partial charge in [0.1, 0.15) is 10.5 Å². The second-order valence-corrected chi connectivity index (χ2v) is 3.47. The highest BCUT2D eigenvalue weighted by Crippen LogP contribution is 2.07. The van der Waals surface area contributed by atoms with E-state index in [1.165, 1.54) is 32.4 Å². The molecule has 0 aromatic rings. The van der Waals surface area contributed by atoms with Crippen molar-refractivity contribution in [3.8, 4) is 0 Å². The minimum absolute atomic E-state index is 0.892. The van der Waals surface area contributed by atoms with E-state index in [9.17, 15) is 0 Å². The Balaban J connectivity index is 2.02. The summed E-state index contributed by atoms with van der Waals surface area (Å²) in [5, 5.41) is 0. The molecule has 3 heteroatoms. The first kappa shape index (κ1) is 8.24. The zero-order chi connectivity index (χ0) is 7.23. The first-order chi connectivity index (χ1) is 4.93. The van der Waals surface area contributed by atoms with Crippen LogP contribution in [0.4, 0.5) is 0 Å². The van der Waals surface area contributed by atoms with E-state index >= 15 is 0 Å². The summed E-state index contributed by atoms with van der Waals surface area (Å²) in [6, 6.07) is 0. The molecule has 0 saturated carbocycles. The molecule has 0 aromatic heterocycles. The molecular weight excluding hydrogens is 142 g/mol. The molecule has 1 heterocycles. The molecule has 1 saturated heterocycles. The summed E-state index contributed by atoms with van der Waals surface area (Å²) in [6.45, 7) is 4.70. The number of rotatable bonds is 3. The van der Waals surface area contributed by atoms with Gasteiger partial charge in [0, 0.05) is 13.2 Å². The Kier molecular flexibility index (Phi) is 4.02.